The van der Waals surface area contributed by atoms with Crippen LogP contribution in [0.4, 0.5) is 4.79 Å². The Morgan fingerprint density at radius 2 is 1.69 bits per heavy atom. The van der Waals surface area contributed by atoms with Gasteiger partial charge >= 0.3 is 6.09 Å². The van der Waals surface area contributed by atoms with Crippen LogP contribution in [0.2, 0.25) is 0 Å². The number of nitrogens with zero attached hydrogens (tertiary/aromatic N) is 2. The molecule has 1 aliphatic rings. The first kappa shape index (κ1) is 26.3. The zero-order valence-corrected chi connectivity index (χ0v) is 21.2. The van der Waals surface area contributed by atoms with Crippen LogP contribution in [0.3, 0.4) is 0 Å². The maximum Gasteiger partial charge on any atom is 0.410 e. The Labute approximate surface area is 208 Å². The van der Waals surface area contributed by atoms with Crippen molar-refractivity contribution < 1.29 is 19.1 Å². The smallest absolute Gasteiger partial charge is 0.410 e. The minimum Gasteiger partial charge on any atom is -0.444 e. The van der Waals surface area contributed by atoms with Gasteiger partial charge in [-0.15, -0.1) is 0 Å². The van der Waals surface area contributed by atoms with Crippen LogP contribution in [0, 0.1) is 5.92 Å². The molecule has 1 aliphatic heterocycles. The van der Waals surface area contributed by atoms with Gasteiger partial charge in [-0.1, -0.05) is 48.5 Å². The molecule has 2 aromatic carbocycles. The van der Waals surface area contributed by atoms with Gasteiger partial charge in [-0.3, -0.25) is 9.59 Å². The van der Waals surface area contributed by atoms with E-state index in [1.807, 2.05) is 62.1 Å². The van der Waals surface area contributed by atoms with Gasteiger partial charge in [0.15, 0.2) is 0 Å². The average molecular weight is 480 g/mol. The van der Waals surface area contributed by atoms with E-state index in [1.54, 1.807) is 36.2 Å². The van der Waals surface area contributed by atoms with Crippen molar-refractivity contribution in [1.82, 2.24) is 15.1 Å². The van der Waals surface area contributed by atoms with Crippen LogP contribution >= 0.6 is 0 Å². The van der Waals surface area contributed by atoms with Gasteiger partial charge in [0.1, 0.15) is 11.6 Å². The third-order valence-corrected chi connectivity index (χ3v) is 5.99. The van der Waals surface area contributed by atoms with Gasteiger partial charge in [-0.25, -0.2) is 4.79 Å². The molecule has 2 aromatic rings. The molecule has 0 unspecified atom stereocenters. The minimum absolute atomic E-state index is 0.0947. The van der Waals surface area contributed by atoms with Gasteiger partial charge < -0.3 is 19.9 Å². The Balaban J connectivity index is 1.68. The molecule has 0 aromatic heterocycles. The SMILES string of the molecule is CN(C[C@@H]1CCCN(C(=O)[C@@H](Cc2ccccc2)NC(=O)c2ccccc2)C1)C(=O)OC(C)(C)C. The normalized spacial score (nSPS) is 16.8. The molecule has 188 valence electrons. The standard InChI is InChI=1S/C28H37N3O4/c1-28(2,3)35-27(34)30(4)19-22-14-11-17-31(20-22)26(33)24(18-21-12-7-5-8-13-21)29-25(32)23-15-9-6-10-16-23/h5-10,12-13,15-16,22,24H,11,14,17-20H2,1-4H3,(H,29,32)/t22-,24+/m0/s1. The maximum atomic E-state index is 13.6. The van der Waals surface area contributed by atoms with Crippen LogP contribution in [-0.4, -0.2) is 66.0 Å². The van der Waals surface area contributed by atoms with Gasteiger partial charge in [0.2, 0.25) is 5.91 Å². The second kappa shape index (κ2) is 11.9. The van der Waals surface area contributed by atoms with Crippen molar-refractivity contribution in [3.05, 3.63) is 71.8 Å². The molecular formula is C28H37N3O4. The first-order valence-electron chi connectivity index (χ1n) is 12.2. The summed E-state index contributed by atoms with van der Waals surface area (Å²) in [6.45, 7) is 7.22. The Bertz CT molecular complexity index is 988. The topological polar surface area (TPSA) is 79.0 Å². The van der Waals surface area contributed by atoms with Crippen molar-refractivity contribution in [2.75, 3.05) is 26.7 Å². The number of hydrogen-bond donors (Lipinski definition) is 1. The molecule has 0 spiro atoms. The van der Waals surface area contributed by atoms with Crippen LogP contribution < -0.4 is 5.32 Å². The number of hydrogen-bond acceptors (Lipinski definition) is 4. The lowest BCUT2D eigenvalue weighted by Gasteiger charge is -2.37. The highest BCUT2D eigenvalue weighted by Crippen LogP contribution is 2.20. The molecule has 1 fully saturated rings. The predicted octanol–water partition coefficient (Wildman–Crippen LogP) is 4.13. The lowest BCUT2D eigenvalue weighted by atomic mass is 9.96. The van der Waals surface area contributed by atoms with Crippen molar-refractivity contribution in [2.24, 2.45) is 5.92 Å². The second-order valence-corrected chi connectivity index (χ2v) is 10.2. The largest absolute Gasteiger partial charge is 0.444 e. The highest BCUT2D eigenvalue weighted by atomic mass is 16.6. The molecule has 1 heterocycles. The summed E-state index contributed by atoms with van der Waals surface area (Å²) in [5.41, 5.74) is 0.952. The summed E-state index contributed by atoms with van der Waals surface area (Å²) >= 11 is 0. The zero-order valence-electron chi connectivity index (χ0n) is 21.2. The van der Waals surface area contributed by atoms with Gasteiger partial charge in [0.05, 0.1) is 0 Å². The third kappa shape index (κ3) is 8.12. The van der Waals surface area contributed by atoms with Crippen LogP contribution in [0.25, 0.3) is 0 Å². The van der Waals surface area contributed by atoms with E-state index in [4.69, 9.17) is 4.74 Å². The summed E-state index contributed by atoms with van der Waals surface area (Å²) in [5.74, 6) is -0.215. The summed E-state index contributed by atoms with van der Waals surface area (Å²) < 4.78 is 5.46. The fraction of sp³-hybridized carbons (Fsp3) is 0.464. The van der Waals surface area contributed by atoms with Gasteiger partial charge in [-0.2, -0.15) is 0 Å². The summed E-state index contributed by atoms with van der Waals surface area (Å²) in [5, 5.41) is 2.96. The average Bonchev–Trinajstić information content (AvgIpc) is 2.83. The van der Waals surface area contributed by atoms with Gasteiger partial charge in [0, 0.05) is 38.7 Å². The number of likely N-dealkylation sites (tertiary alicyclic amines) is 1. The fourth-order valence-corrected chi connectivity index (χ4v) is 4.32. The van der Waals surface area contributed by atoms with Crippen molar-refractivity contribution in [3.8, 4) is 0 Å². The molecule has 0 aliphatic carbocycles. The van der Waals surface area contributed by atoms with E-state index < -0.39 is 11.6 Å². The molecule has 7 nitrogen and oxygen atoms in total. The van der Waals surface area contributed by atoms with E-state index in [0.29, 0.717) is 31.6 Å². The van der Waals surface area contributed by atoms with Crippen LogP contribution in [0.1, 0.15) is 49.5 Å². The quantitative estimate of drug-likeness (QED) is 0.648. The second-order valence-electron chi connectivity index (χ2n) is 10.2. The van der Waals surface area contributed by atoms with E-state index in [-0.39, 0.29) is 23.8 Å². The minimum atomic E-state index is -0.674. The van der Waals surface area contributed by atoms with Crippen molar-refractivity contribution in [3.63, 3.8) is 0 Å². The Kier molecular flexibility index (Phi) is 8.90. The fourth-order valence-electron chi connectivity index (χ4n) is 4.32. The van der Waals surface area contributed by atoms with Crippen molar-refractivity contribution in [1.29, 1.82) is 0 Å². The molecule has 0 bridgehead atoms. The zero-order chi connectivity index (χ0) is 25.4. The Morgan fingerprint density at radius 1 is 1.06 bits per heavy atom. The number of amides is 3. The molecule has 35 heavy (non-hydrogen) atoms. The number of rotatable bonds is 7. The van der Waals surface area contributed by atoms with Gasteiger partial charge in [0.25, 0.3) is 5.91 Å². The highest BCUT2D eigenvalue weighted by Gasteiger charge is 2.32. The van der Waals surface area contributed by atoms with Crippen LogP contribution in [0.5, 0.6) is 0 Å². The van der Waals surface area contributed by atoms with E-state index >= 15 is 0 Å². The molecule has 7 heteroatoms. The van der Waals surface area contributed by atoms with Crippen molar-refractivity contribution in [2.45, 2.75) is 51.7 Å². The number of piperidine rings is 1. The number of nitrogens with one attached hydrogen (secondary N) is 1. The van der Waals surface area contributed by atoms with E-state index in [2.05, 4.69) is 5.32 Å². The van der Waals surface area contributed by atoms with E-state index in [9.17, 15) is 14.4 Å². The predicted molar refractivity (Wildman–Crippen MR) is 136 cm³/mol. The summed E-state index contributed by atoms with van der Waals surface area (Å²) in [7, 11) is 1.73. The molecule has 3 amide bonds. The molecule has 1 N–H and O–H groups in total. The third-order valence-electron chi connectivity index (χ3n) is 5.99. The van der Waals surface area contributed by atoms with Crippen LogP contribution in [0.15, 0.2) is 60.7 Å². The molecular weight excluding hydrogens is 442 g/mol. The molecule has 1 saturated heterocycles. The number of carbonyl (C=O) groups excluding carboxylic acids is 3. The first-order chi connectivity index (χ1) is 16.6. The highest BCUT2D eigenvalue weighted by molar-refractivity contribution is 5.97. The van der Waals surface area contributed by atoms with Crippen molar-refractivity contribution >= 4 is 17.9 Å². The Morgan fingerprint density at radius 3 is 2.31 bits per heavy atom. The lowest BCUT2D eigenvalue weighted by molar-refractivity contribution is -0.135. The maximum absolute atomic E-state index is 13.6. The van der Waals surface area contributed by atoms with E-state index in [0.717, 1.165) is 18.4 Å². The summed E-state index contributed by atoms with van der Waals surface area (Å²) in [6.07, 6.45) is 1.83. The molecule has 0 radical (unpaired) electrons. The first-order valence-corrected chi connectivity index (χ1v) is 12.2. The molecule has 0 saturated carbocycles. The van der Waals surface area contributed by atoms with E-state index in [1.165, 1.54) is 0 Å². The Hall–Kier alpha value is -3.35. The number of carbonyl (C=O) groups is 3. The lowest BCUT2D eigenvalue weighted by Crippen LogP contribution is -2.53. The number of benzene rings is 2. The summed E-state index contributed by atoms with van der Waals surface area (Å²) in [6, 6.07) is 18.0. The van der Waals surface area contributed by atoms with Gasteiger partial charge in [-0.05, 0) is 57.2 Å². The molecule has 3 rings (SSSR count). The number of ether oxygens (including phenoxy) is 1. The monoisotopic (exact) mass is 479 g/mol. The molecule has 2 atom stereocenters. The summed E-state index contributed by atoms with van der Waals surface area (Å²) in [4.78, 5) is 42.3. The van der Waals surface area contributed by atoms with Crippen LogP contribution in [-0.2, 0) is 16.0 Å².